The van der Waals surface area contributed by atoms with Crippen LogP contribution >= 0.6 is 15.9 Å². The Morgan fingerprint density at radius 3 is 2.63 bits per heavy atom. The lowest BCUT2D eigenvalue weighted by molar-refractivity contribution is -0.0499. The topological polar surface area (TPSA) is 138 Å². The van der Waals surface area contributed by atoms with Crippen molar-refractivity contribution in [3.05, 3.63) is 58.5 Å². The molecule has 0 radical (unpaired) electrons. The van der Waals surface area contributed by atoms with E-state index in [1.807, 2.05) is 0 Å². The van der Waals surface area contributed by atoms with Crippen LogP contribution in [0.2, 0.25) is 0 Å². The third-order valence-corrected chi connectivity index (χ3v) is 4.25. The smallest absolute Gasteiger partial charge is 0.387 e. The van der Waals surface area contributed by atoms with Gasteiger partial charge in [-0.25, -0.2) is 15.0 Å². The largest absolute Gasteiger partial charge is 0.435 e. The SMILES string of the molecule is C[C@H](NC(=O)c1cc(Br)cc(OC(F)F)c1)c1ncnn1-c1cc(C(N)=O)ncn1. The van der Waals surface area contributed by atoms with Gasteiger partial charge < -0.3 is 15.8 Å². The third kappa shape index (κ3) is 4.92. The second-order valence-corrected chi connectivity index (χ2v) is 6.82. The number of carbonyl (C=O) groups is 2. The van der Waals surface area contributed by atoms with Gasteiger partial charge in [-0.05, 0) is 25.1 Å². The first-order chi connectivity index (χ1) is 14.2. The van der Waals surface area contributed by atoms with Gasteiger partial charge in [0.15, 0.2) is 11.6 Å². The van der Waals surface area contributed by atoms with Crippen molar-refractivity contribution in [1.82, 2.24) is 30.0 Å². The average molecular weight is 482 g/mol. The number of carbonyl (C=O) groups excluding carboxylic acids is 2. The van der Waals surface area contributed by atoms with Crippen molar-refractivity contribution in [2.45, 2.75) is 19.6 Å². The number of nitrogens with zero attached hydrogens (tertiary/aromatic N) is 5. The number of aromatic nitrogens is 5. The Morgan fingerprint density at radius 1 is 1.17 bits per heavy atom. The zero-order valence-corrected chi connectivity index (χ0v) is 16.9. The number of alkyl halides is 2. The fraction of sp³-hybridized carbons (Fsp3) is 0.176. The van der Waals surface area contributed by atoms with Gasteiger partial charge in [-0.3, -0.25) is 9.59 Å². The molecule has 0 fully saturated rings. The van der Waals surface area contributed by atoms with Crippen molar-refractivity contribution in [3.63, 3.8) is 0 Å². The number of benzene rings is 1. The van der Waals surface area contributed by atoms with Gasteiger partial charge in [0, 0.05) is 16.1 Å². The van der Waals surface area contributed by atoms with Crippen LogP contribution in [-0.4, -0.2) is 43.2 Å². The fourth-order valence-corrected chi connectivity index (χ4v) is 3.00. The lowest BCUT2D eigenvalue weighted by Crippen LogP contribution is -2.29. The van der Waals surface area contributed by atoms with E-state index in [-0.39, 0.29) is 22.8 Å². The monoisotopic (exact) mass is 481 g/mol. The number of halogens is 3. The molecule has 13 heteroatoms. The molecule has 2 heterocycles. The maximum absolute atomic E-state index is 12.6. The number of hydrogen-bond acceptors (Lipinski definition) is 7. The van der Waals surface area contributed by atoms with Gasteiger partial charge in [-0.2, -0.15) is 18.6 Å². The number of rotatable bonds is 7. The summed E-state index contributed by atoms with van der Waals surface area (Å²) >= 11 is 3.15. The first-order valence-corrected chi connectivity index (χ1v) is 9.12. The predicted octanol–water partition coefficient (Wildman–Crippen LogP) is 2.01. The zero-order chi connectivity index (χ0) is 21.8. The normalized spacial score (nSPS) is 11.9. The Bertz CT molecular complexity index is 1090. The van der Waals surface area contributed by atoms with Crippen LogP contribution < -0.4 is 15.8 Å². The van der Waals surface area contributed by atoms with E-state index >= 15 is 0 Å². The van der Waals surface area contributed by atoms with E-state index in [1.54, 1.807) is 6.92 Å². The summed E-state index contributed by atoms with van der Waals surface area (Å²) in [6, 6.07) is 4.62. The highest BCUT2D eigenvalue weighted by Gasteiger charge is 2.20. The first-order valence-electron chi connectivity index (χ1n) is 8.33. The van der Waals surface area contributed by atoms with Crippen molar-refractivity contribution in [3.8, 4) is 11.6 Å². The molecule has 10 nitrogen and oxygen atoms in total. The molecule has 1 aromatic carbocycles. The molecule has 3 rings (SSSR count). The molecule has 3 N–H and O–H groups in total. The second kappa shape index (κ2) is 8.90. The zero-order valence-electron chi connectivity index (χ0n) is 15.3. The number of ether oxygens (including phenoxy) is 1. The molecule has 3 aromatic rings. The quantitative estimate of drug-likeness (QED) is 0.526. The van der Waals surface area contributed by atoms with Gasteiger partial charge in [0.2, 0.25) is 0 Å². The van der Waals surface area contributed by atoms with Crippen LogP contribution in [0.1, 0.15) is 39.6 Å². The van der Waals surface area contributed by atoms with E-state index in [4.69, 9.17) is 5.73 Å². The van der Waals surface area contributed by atoms with Crippen LogP contribution in [0.15, 0.2) is 41.4 Å². The van der Waals surface area contributed by atoms with Gasteiger partial charge in [0.05, 0.1) is 6.04 Å². The van der Waals surface area contributed by atoms with Crippen LogP contribution in [0.4, 0.5) is 8.78 Å². The highest BCUT2D eigenvalue weighted by atomic mass is 79.9. The number of nitrogens with one attached hydrogen (secondary N) is 1. The minimum Gasteiger partial charge on any atom is -0.435 e. The summed E-state index contributed by atoms with van der Waals surface area (Å²) in [5, 5.41) is 6.74. The summed E-state index contributed by atoms with van der Waals surface area (Å²) in [7, 11) is 0. The van der Waals surface area contributed by atoms with Crippen molar-refractivity contribution in [1.29, 1.82) is 0 Å². The van der Waals surface area contributed by atoms with Crippen molar-refractivity contribution >= 4 is 27.7 Å². The molecule has 0 bridgehead atoms. The molecular formula is C17H14BrF2N7O3. The number of nitrogens with two attached hydrogens (primary N) is 1. The molecule has 156 valence electrons. The maximum atomic E-state index is 12.6. The van der Waals surface area contributed by atoms with Crippen LogP contribution in [0.3, 0.4) is 0 Å². The van der Waals surface area contributed by atoms with Crippen LogP contribution in [0.25, 0.3) is 5.82 Å². The minimum absolute atomic E-state index is 0.0150. The average Bonchev–Trinajstić information content (AvgIpc) is 3.17. The van der Waals surface area contributed by atoms with Crippen LogP contribution in [-0.2, 0) is 0 Å². The van der Waals surface area contributed by atoms with E-state index in [0.29, 0.717) is 10.3 Å². The standard InChI is InChI=1S/C17H14BrF2N7O3/c1-8(26-16(29)9-2-10(18)4-11(3-9)30-17(19)20)15-24-7-25-27(15)13-5-12(14(21)28)22-6-23-13/h2-8,17H,1H3,(H2,21,28)(H,26,29)/t8-/m0/s1. The highest BCUT2D eigenvalue weighted by molar-refractivity contribution is 9.10. The highest BCUT2D eigenvalue weighted by Crippen LogP contribution is 2.24. The molecular weight excluding hydrogens is 468 g/mol. The van der Waals surface area contributed by atoms with Gasteiger partial charge >= 0.3 is 6.61 Å². The van der Waals surface area contributed by atoms with Crippen LogP contribution in [0.5, 0.6) is 5.75 Å². The maximum Gasteiger partial charge on any atom is 0.387 e. The molecule has 0 saturated heterocycles. The third-order valence-electron chi connectivity index (χ3n) is 3.79. The number of primary amides is 1. The Kier molecular flexibility index (Phi) is 6.30. The molecule has 30 heavy (non-hydrogen) atoms. The van der Waals surface area contributed by atoms with Crippen molar-refractivity contribution in [2.75, 3.05) is 0 Å². The molecule has 0 aliphatic rings. The molecule has 0 aliphatic carbocycles. The van der Waals surface area contributed by atoms with Gasteiger partial charge in [-0.1, -0.05) is 15.9 Å². The summed E-state index contributed by atoms with van der Waals surface area (Å²) in [5.41, 5.74) is 5.30. The summed E-state index contributed by atoms with van der Waals surface area (Å²) in [6.45, 7) is -1.38. The number of hydrogen-bond donors (Lipinski definition) is 2. The summed E-state index contributed by atoms with van der Waals surface area (Å²) in [6.07, 6.45) is 2.40. The molecule has 2 amide bonds. The lowest BCUT2D eigenvalue weighted by atomic mass is 10.2. The summed E-state index contributed by atoms with van der Waals surface area (Å²) in [4.78, 5) is 35.9. The predicted molar refractivity (Wildman–Crippen MR) is 102 cm³/mol. The molecule has 1 atom stereocenters. The van der Waals surface area contributed by atoms with E-state index in [2.05, 4.69) is 46.0 Å². The molecule has 0 spiro atoms. The Labute approximate surface area is 176 Å². The molecule has 0 aliphatic heterocycles. The minimum atomic E-state index is -3.02. The van der Waals surface area contributed by atoms with Gasteiger partial charge in [0.1, 0.15) is 24.1 Å². The fourth-order valence-electron chi connectivity index (χ4n) is 2.53. The molecule has 0 unspecified atom stereocenters. The van der Waals surface area contributed by atoms with Gasteiger partial charge in [-0.15, -0.1) is 0 Å². The van der Waals surface area contributed by atoms with Crippen molar-refractivity contribution in [2.24, 2.45) is 5.73 Å². The molecule has 2 aromatic heterocycles. The molecule has 0 saturated carbocycles. The summed E-state index contributed by atoms with van der Waals surface area (Å²) in [5.74, 6) is -0.935. The Morgan fingerprint density at radius 2 is 1.93 bits per heavy atom. The van der Waals surface area contributed by atoms with E-state index in [0.717, 1.165) is 6.33 Å². The second-order valence-electron chi connectivity index (χ2n) is 5.90. The first kappa shape index (κ1) is 21.2. The lowest BCUT2D eigenvalue weighted by Gasteiger charge is -2.15. The van der Waals surface area contributed by atoms with E-state index in [1.165, 1.54) is 35.3 Å². The summed E-state index contributed by atoms with van der Waals surface area (Å²) < 4.78 is 31.0. The van der Waals surface area contributed by atoms with Gasteiger partial charge in [0.25, 0.3) is 11.8 Å². The van der Waals surface area contributed by atoms with E-state index < -0.39 is 24.5 Å². The Hall–Kier alpha value is -3.48. The van der Waals surface area contributed by atoms with Crippen molar-refractivity contribution < 1.29 is 23.1 Å². The van der Waals surface area contributed by atoms with E-state index in [9.17, 15) is 18.4 Å². The number of amides is 2. The van der Waals surface area contributed by atoms with Crippen LogP contribution in [0, 0.1) is 0 Å². The Balaban J connectivity index is 1.83.